The zero-order valence-corrected chi connectivity index (χ0v) is 10.4. The number of pyridine rings is 1. The second kappa shape index (κ2) is 6.20. The van der Waals surface area contributed by atoms with Gasteiger partial charge in [0.25, 0.3) is 0 Å². The van der Waals surface area contributed by atoms with Crippen molar-refractivity contribution in [1.82, 2.24) is 4.98 Å². The molecule has 5 nitrogen and oxygen atoms in total. The number of ether oxygens (including phenoxy) is 1. The Hall–Kier alpha value is -1.62. The minimum absolute atomic E-state index is 0.200. The molecule has 0 bridgehead atoms. The predicted molar refractivity (Wildman–Crippen MR) is 65.6 cm³/mol. The molecule has 0 aromatic carbocycles. The van der Waals surface area contributed by atoms with Gasteiger partial charge in [0.15, 0.2) is 0 Å². The Morgan fingerprint density at radius 2 is 2.29 bits per heavy atom. The summed E-state index contributed by atoms with van der Waals surface area (Å²) in [5, 5.41) is 9.12. The molecule has 5 heteroatoms. The second-order valence-electron chi connectivity index (χ2n) is 3.98. The van der Waals surface area contributed by atoms with Gasteiger partial charge in [0.2, 0.25) is 0 Å². The zero-order valence-electron chi connectivity index (χ0n) is 10.4. The molecule has 94 valence electrons. The molecule has 1 aromatic rings. The van der Waals surface area contributed by atoms with Crippen LogP contribution in [0.5, 0.6) is 0 Å². The average molecular weight is 238 g/mol. The number of carboxylic acid groups (broad SMARTS) is 1. The molecule has 0 radical (unpaired) electrons. The first-order chi connectivity index (χ1) is 8.07. The molecule has 0 amide bonds. The van der Waals surface area contributed by atoms with Gasteiger partial charge in [0.1, 0.15) is 5.56 Å². The van der Waals surface area contributed by atoms with Gasteiger partial charge in [-0.15, -0.1) is 0 Å². The van der Waals surface area contributed by atoms with E-state index in [1.54, 1.807) is 19.4 Å². The van der Waals surface area contributed by atoms with Crippen LogP contribution in [0.1, 0.15) is 24.2 Å². The lowest BCUT2D eigenvalue weighted by atomic mass is 10.2. The van der Waals surface area contributed by atoms with Crippen LogP contribution in [0.25, 0.3) is 0 Å². The van der Waals surface area contributed by atoms with E-state index in [1.165, 1.54) is 6.20 Å². The van der Waals surface area contributed by atoms with Crippen LogP contribution in [0.3, 0.4) is 0 Å². The molecule has 0 saturated heterocycles. The van der Waals surface area contributed by atoms with Crippen molar-refractivity contribution in [2.24, 2.45) is 0 Å². The lowest BCUT2D eigenvalue weighted by Crippen LogP contribution is -2.35. The van der Waals surface area contributed by atoms with E-state index >= 15 is 0 Å². The Bertz CT molecular complexity index is 380. The number of hydrogen-bond acceptors (Lipinski definition) is 4. The SMILES string of the molecule is COCCN(c1ccncc1C(=O)O)C(C)C. The Kier molecular flexibility index (Phi) is 4.90. The van der Waals surface area contributed by atoms with E-state index in [0.717, 1.165) is 0 Å². The third-order valence-corrected chi connectivity index (χ3v) is 2.50. The van der Waals surface area contributed by atoms with Gasteiger partial charge in [-0.1, -0.05) is 0 Å². The minimum atomic E-state index is -0.962. The fraction of sp³-hybridized carbons (Fsp3) is 0.500. The van der Waals surface area contributed by atoms with Crippen molar-refractivity contribution < 1.29 is 14.6 Å². The average Bonchev–Trinajstić information content (AvgIpc) is 2.29. The van der Waals surface area contributed by atoms with Gasteiger partial charge in [0, 0.05) is 32.1 Å². The number of nitrogens with zero attached hydrogens (tertiary/aromatic N) is 2. The number of anilines is 1. The van der Waals surface area contributed by atoms with Crippen molar-refractivity contribution in [3.8, 4) is 0 Å². The standard InChI is InChI=1S/C12H18N2O3/c1-9(2)14(6-7-17-3)11-4-5-13-8-10(11)12(15)16/h4-5,8-9H,6-7H2,1-3H3,(H,15,16). The van der Waals surface area contributed by atoms with Gasteiger partial charge in [-0.3, -0.25) is 4.98 Å². The molecule has 0 aliphatic heterocycles. The van der Waals surface area contributed by atoms with Gasteiger partial charge in [0.05, 0.1) is 12.3 Å². The van der Waals surface area contributed by atoms with Crippen LogP contribution in [0, 0.1) is 0 Å². The van der Waals surface area contributed by atoms with Gasteiger partial charge in [-0.05, 0) is 19.9 Å². The zero-order chi connectivity index (χ0) is 12.8. The van der Waals surface area contributed by atoms with E-state index in [9.17, 15) is 4.79 Å². The van der Waals surface area contributed by atoms with Gasteiger partial charge >= 0.3 is 5.97 Å². The highest BCUT2D eigenvalue weighted by Crippen LogP contribution is 2.21. The molecule has 1 rings (SSSR count). The first kappa shape index (κ1) is 13.4. The summed E-state index contributed by atoms with van der Waals surface area (Å²) in [6.45, 7) is 5.24. The van der Waals surface area contributed by atoms with Crippen LogP contribution in [-0.4, -0.2) is 42.4 Å². The van der Waals surface area contributed by atoms with Crippen molar-refractivity contribution in [2.45, 2.75) is 19.9 Å². The Balaban J connectivity index is 3.04. The van der Waals surface area contributed by atoms with Crippen molar-refractivity contribution in [3.05, 3.63) is 24.0 Å². The molecule has 1 aromatic heterocycles. The number of carbonyl (C=O) groups is 1. The molecular formula is C12H18N2O3. The maximum absolute atomic E-state index is 11.1. The molecule has 0 unspecified atom stereocenters. The predicted octanol–water partition coefficient (Wildman–Crippen LogP) is 1.64. The highest BCUT2D eigenvalue weighted by atomic mass is 16.5. The Morgan fingerprint density at radius 3 is 2.82 bits per heavy atom. The number of carboxylic acids is 1. The first-order valence-electron chi connectivity index (χ1n) is 5.50. The van der Waals surface area contributed by atoms with Crippen LogP contribution >= 0.6 is 0 Å². The van der Waals surface area contributed by atoms with Crippen LogP contribution < -0.4 is 4.90 Å². The minimum Gasteiger partial charge on any atom is -0.478 e. The molecule has 0 spiro atoms. The fourth-order valence-electron chi connectivity index (χ4n) is 1.65. The normalized spacial score (nSPS) is 10.6. The molecule has 0 fully saturated rings. The Morgan fingerprint density at radius 1 is 1.59 bits per heavy atom. The van der Waals surface area contributed by atoms with Crippen molar-refractivity contribution in [3.63, 3.8) is 0 Å². The van der Waals surface area contributed by atoms with Crippen LogP contribution in [0.15, 0.2) is 18.5 Å². The second-order valence-corrected chi connectivity index (χ2v) is 3.98. The number of methoxy groups -OCH3 is 1. The molecular weight excluding hydrogens is 220 g/mol. The Labute approximate surface area is 101 Å². The van der Waals surface area contributed by atoms with E-state index in [0.29, 0.717) is 18.8 Å². The molecule has 0 aliphatic rings. The van der Waals surface area contributed by atoms with Crippen LogP contribution in [-0.2, 0) is 4.74 Å². The molecule has 0 atom stereocenters. The maximum atomic E-state index is 11.1. The first-order valence-corrected chi connectivity index (χ1v) is 5.50. The van der Waals surface area contributed by atoms with Gasteiger partial charge < -0.3 is 14.7 Å². The molecule has 1 heterocycles. The van der Waals surface area contributed by atoms with E-state index in [2.05, 4.69) is 4.98 Å². The van der Waals surface area contributed by atoms with Crippen molar-refractivity contribution >= 4 is 11.7 Å². The highest BCUT2D eigenvalue weighted by Gasteiger charge is 2.17. The highest BCUT2D eigenvalue weighted by molar-refractivity contribution is 5.94. The van der Waals surface area contributed by atoms with Crippen LogP contribution in [0.4, 0.5) is 5.69 Å². The lowest BCUT2D eigenvalue weighted by Gasteiger charge is -2.29. The summed E-state index contributed by atoms with van der Waals surface area (Å²) in [6.07, 6.45) is 2.98. The fourth-order valence-corrected chi connectivity index (χ4v) is 1.65. The molecule has 0 saturated carbocycles. The summed E-state index contributed by atoms with van der Waals surface area (Å²) >= 11 is 0. The number of aromatic nitrogens is 1. The van der Waals surface area contributed by atoms with E-state index in [1.807, 2.05) is 18.7 Å². The maximum Gasteiger partial charge on any atom is 0.339 e. The topological polar surface area (TPSA) is 62.7 Å². The third-order valence-electron chi connectivity index (χ3n) is 2.50. The van der Waals surface area contributed by atoms with Crippen molar-refractivity contribution in [1.29, 1.82) is 0 Å². The van der Waals surface area contributed by atoms with Gasteiger partial charge in [-0.25, -0.2) is 4.79 Å². The largest absolute Gasteiger partial charge is 0.478 e. The quantitative estimate of drug-likeness (QED) is 0.816. The summed E-state index contributed by atoms with van der Waals surface area (Å²) in [5.41, 5.74) is 0.900. The summed E-state index contributed by atoms with van der Waals surface area (Å²) in [6, 6.07) is 1.92. The monoisotopic (exact) mass is 238 g/mol. The number of hydrogen-bond donors (Lipinski definition) is 1. The summed E-state index contributed by atoms with van der Waals surface area (Å²) in [5.74, 6) is -0.962. The molecule has 0 aliphatic carbocycles. The van der Waals surface area contributed by atoms with E-state index in [-0.39, 0.29) is 11.6 Å². The summed E-state index contributed by atoms with van der Waals surface area (Å²) in [7, 11) is 1.63. The van der Waals surface area contributed by atoms with Crippen LogP contribution in [0.2, 0.25) is 0 Å². The number of aromatic carboxylic acids is 1. The molecule has 17 heavy (non-hydrogen) atoms. The number of rotatable bonds is 6. The smallest absolute Gasteiger partial charge is 0.339 e. The van der Waals surface area contributed by atoms with Gasteiger partial charge in [-0.2, -0.15) is 0 Å². The summed E-state index contributed by atoms with van der Waals surface area (Å²) < 4.78 is 5.04. The lowest BCUT2D eigenvalue weighted by molar-refractivity contribution is 0.0697. The molecule has 1 N–H and O–H groups in total. The third kappa shape index (κ3) is 3.42. The summed E-state index contributed by atoms with van der Waals surface area (Å²) in [4.78, 5) is 17.0. The van der Waals surface area contributed by atoms with Crippen molar-refractivity contribution in [2.75, 3.05) is 25.2 Å². The van der Waals surface area contributed by atoms with E-state index in [4.69, 9.17) is 9.84 Å². The van der Waals surface area contributed by atoms with E-state index < -0.39 is 5.97 Å².